The van der Waals surface area contributed by atoms with E-state index in [9.17, 15) is 4.79 Å². The molecule has 104 valence electrons. The first-order valence-corrected chi connectivity index (χ1v) is 6.88. The summed E-state index contributed by atoms with van der Waals surface area (Å²) in [6.07, 6.45) is 4.62. The maximum atomic E-state index is 12.3. The van der Waals surface area contributed by atoms with Crippen molar-refractivity contribution in [3.8, 4) is 5.75 Å². The molecule has 0 heterocycles. The lowest BCUT2D eigenvalue weighted by atomic mass is 10.1. The summed E-state index contributed by atoms with van der Waals surface area (Å²) in [5, 5.41) is 3.07. The number of amides is 1. The maximum absolute atomic E-state index is 12.3. The Bertz CT molecular complexity index is 455. The number of ether oxygens (including phenoxy) is 1. The molecular formula is C15H22N2O2. The Balaban J connectivity index is 2.04. The van der Waals surface area contributed by atoms with Gasteiger partial charge in [-0.1, -0.05) is 19.8 Å². The highest BCUT2D eigenvalue weighted by atomic mass is 16.5. The molecule has 4 nitrogen and oxygen atoms in total. The summed E-state index contributed by atoms with van der Waals surface area (Å²) in [7, 11) is 1.58. The van der Waals surface area contributed by atoms with E-state index in [-0.39, 0.29) is 11.9 Å². The number of benzene rings is 1. The van der Waals surface area contributed by atoms with Gasteiger partial charge in [0.05, 0.1) is 12.7 Å². The van der Waals surface area contributed by atoms with Gasteiger partial charge in [-0.3, -0.25) is 4.79 Å². The minimum absolute atomic E-state index is 0.107. The van der Waals surface area contributed by atoms with E-state index in [1.807, 2.05) is 0 Å². The Kier molecular flexibility index (Phi) is 4.30. The van der Waals surface area contributed by atoms with Crippen molar-refractivity contribution in [1.29, 1.82) is 0 Å². The normalized spacial score (nSPS) is 15.9. The number of carbonyl (C=O) groups excluding carboxylic acids is 1. The van der Waals surface area contributed by atoms with Crippen molar-refractivity contribution in [3.63, 3.8) is 0 Å². The zero-order valence-corrected chi connectivity index (χ0v) is 11.6. The SMILES string of the molecule is CCC(CC1CC1)NC(=O)c1cc(OC)ccc1N. The van der Waals surface area contributed by atoms with Crippen LogP contribution in [-0.2, 0) is 0 Å². The van der Waals surface area contributed by atoms with Crippen molar-refractivity contribution in [1.82, 2.24) is 5.32 Å². The largest absolute Gasteiger partial charge is 0.497 e. The summed E-state index contributed by atoms with van der Waals surface area (Å²) >= 11 is 0. The van der Waals surface area contributed by atoms with Crippen molar-refractivity contribution in [3.05, 3.63) is 23.8 Å². The number of rotatable bonds is 6. The van der Waals surface area contributed by atoms with Gasteiger partial charge in [0, 0.05) is 11.7 Å². The molecule has 4 heteroatoms. The van der Waals surface area contributed by atoms with Gasteiger partial charge in [-0.25, -0.2) is 0 Å². The highest BCUT2D eigenvalue weighted by Gasteiger charge is 2.26. The Hall–Kier alpha value is -1.71. The summed E-state index contributed by atoms with van der Waals surface area (Å²) in [5.41, 5.74) is 6.84. The van der Waals surface area contributed by atoms with Crippen LogP contribution in [0.25, 0.3) is 0 Å². The van der Waals surface area contributed by atoms with Crippen molar-refractivity contribution >= 4 is 11.6 Å². The summed E-state index contributed by atoms with van der Waals surface area (Å²) < 4.78 is 5.13. The van der Waals surface area contributed by atoms with Gasteiger partial charge in [0.1, 0.15) is 5.75 Å². The Morgan fingerprint density at radius 1 is 1.53 bits per heavy atom. The molecule has 19 heavy (non-hydrogen) atoms. The zero-order valence-electron chi connectivity index (χ0n) is 11.6. The van der Waals surface area contributed by atoms with Crippen molar-refractivity contribution in [2.24, 2.45) is 5.92 Å². The molecule has 1 aromatic rings. The standard InChI is InChI=1S/C15H22N2O2/c1-3-11(8-10-4-5-10)17-15(18)13-9-12(19-2)6-7-14(13)16/h6-7,9-11H,3-5,8,16H2,1-2H3,(H,17,18). The van der Waals surface area contributed by atoms with Crippen LogP contribution in [0, 0.1) is 5.92 Å². The minimum atomic E-state index is -0.107. The van der Waals surface area contributed by atoms with Gasteiger partial charge in [0.15, 0.2) is 0 Å². The monoisotopic (exact) mass is 262 g/mol. The van der Waals surface area contributed by atoms with Crippen LogP contribution in [0.15, 0.2) is 18.2 Å². The van der Waals surface area contributed by atoms with Crippen LogP contribution in [-0.4, -0.2) is 19.1 Å². The molecule has 3 N–H and O–H groups in total. The number of nitrogens with two attached hydrogens (primary N) is 1. The molecule has 0 saturated heterocycles. The van der Waals surface area contributed by atoms with Crippen molar-refractivity contribution in [2.75, 3.05) is 12.8 Å². The summed E-state index contributed by atoms with van der Waals surface area (Å²) in [4.78, 5) is 12.3. The number of hydrogen-bond acceptors (Lipinski definition) is 3. The van der Waals surface area contributed by atoms with E-state index in [0.717, 1.165) is 18.8 Å². The number of anilines is 1. The number of nitrogens with one attached hydrogen (secondary N) is 1. The lowest BCUT2D eigenvalue weighted by molar-refractivity contribution is 0.0933. The van der Waals surface area contributed by atoms with Gasteiger partial charge in [-0.15, -0.1) is 0 Å². The van der Waals surface area contributed by atoms with Crippen LogP contribution < -0.4 is 15.8 Å². The molecule has 1 atom stereocenters. The predicted molar refractivity (Wildman–Crippen MR) is 76.3 cm³/mol. The zero-order chi connectivity index (χ0) is 13.8. The van der Waals surface area contributed by atoms with Gasteiger partial charge in [0.2, 0.25) is 0 Å². The lowest BCUT2D eigenvalue weighted by Gasteiger charge is -2.17. The lowest BCUT2D eigenvalue weighted by Crippen LogP contribution is -2.35. The molecule has 1 unspecified atom stereocenters. The molecule has 0 aromatic heterocycles. The summed E-state index contributed by atoms with van der Waals surface area (Å²) in [6.45, 7) is 2.10. The Morgan fingerprint density at radius 3 is 2.84 bits per heavy atom. The van der Waals surface area contributed by atoms with E-state index in [4.69, 9.17) is 10.5 Å². The fourth-order valence-corrected chi connectivity index (χ4v) is 2.21. The molecule has 1 fully saturated rings. The number of hydrogen-bond donors (Lipinski definition) is 2. The smallest absolute Gasteiger partial charge is 0.253 e. The number of carbonyl (C=O) groups is 1. The predicted octanol–water partition coefficient (Wildman–Crippen LogP) is 2.59. The fraction of sp³-hybridized carbons (Fsp3) is 0.533. The highest BCUT2D eigenvalue weighted by molar-refractivity contribution is 5.99. The van der Waals surface area contributed by atoms with E-state index in [1.165, 1.54) is 12.8 Å². The van der Waals surface area contributed by atoms with Crippen LogP contribution in [0.3, 0.4) is 0 Å². The number of nitrogen functional groups attached to an aromatic ring is 1. The highest BCUT2D eigenvalue weighted by Crippen LogP contribution is 2.34. The molecule has 2 rings (SSSR count). The number of methoxy groups -OCH3 is 1. The van der Waals surface area contributed by atoms with Gasteiger partial charge in [-0.05, 0) is 37.0 Å². The molecule has 0 bridgehead atoms. The molecular weight excluding hydrogens is 240 g/mol. The second kappa shape index (κ2) is 5.95. The van der Waals surface area contributed by atoms with Crippen molar-refractivity contribution < 1.29 is 9.53 Å². The van der Waals surface area contributed by atoms with Crippen LogP contribution in [0.1, 0.15) is 43.0 Å². The first-order valence-electron chi connectivity index (χ1n) is 6.88. The Labute approximate surface area is 114 Å². The fourth-order valence-electron chi connectivity index (χ4n) is 2.21. The van der Waals surface area contributed by atoms with Crippen LogP contribution >= 0.6 is 0 Å². The van der Waals surface area contributed by atoms with Gasteiger partial charge in [-0.2, -0.15) is 0 Å². The van der Waals surface area contributed by atoms with Gasteiger partial charge < -0.3 is 15.8 Å². The summed E-state index contributed by atoms with van der Waals surface area (Å²) in [6, 6.07) is 5.39. The molecule has 1 amide bonds. The quantitative estimate of drug-likeness (QED) is 0.774. The van der Waals surface area contributed by atoms with E-state index in [1.54, 1.807) is 25.3 Å². The third kappa shape index (κ3) is 3.63. The maximum Gasteiger partial charge on any atom is 0.253 e. The first kappa shape index (κ1) is 13.7. The molecule has 1 aromatic carbocycles. The second-order valence-electron chi connectivity index (χ2n) is 5.21. The molecule has 0 aliphatic heterocycles. The molecule has 1 saturated carbocycles. The molecule has 1 aliphatic carbocycles. The van der Waals surface area contributed by atoms with E-state index >= 15 is 0 Å². The third-order valence-electron chi connectivity index (χ3n) is 3.65. The van der Waals surface area contributed by atoms with Crippen molar-refractivity contribution in [2.45, 2.75) is 38.6 Å². The topological polar surface area (TPSA) is 64.3 Å². The van der Waals surface area contributed by atoms with Crippen LogP contribution in [0.2, 0.25) is 0 Å². The van der Waals surface area contributed by atoms with Gasteiger partial charge in [0.25, 0.3) is 5.91 Å². The summed E-state index contributed by atoms with van der Waals surface area (Å²) in [5.74, 6) is 1.34. The first-order chi connectivity index (χ1) is 9.13. The molecule has 0 spiro atoms. The van der Waals surface area contributed by atoms with Crippen LogP contribution in [0.5, 0.6) is 5.75 Å². The second-order valence-corrected chi connectivity index (χ2v) is 5.21. The average Bonchev–Trinajstić information content (AvgIpc) is 3.22. The van der Waals surface area contributed by atoms with E-state index < -0.39 is 0 Å². The van der Waals surface area contributed by atoms with Crippen LogP contribution in [0.4, 0.5) is 5.69 Å². The van der Waals surface area contributed by atoms with E-state index in [2.05, 4.69) is 12.2 Å². The third-order valence-corrected chi connectivity index (χ3v) is 3.65. The van der Waals surface area contributed by atoms with Gasteiger partial charge >= 0.3 is 0 Å². The van der Waals surface area contributed by atoms with E-state index in [0.29, 0.717) is 17.0 Å². The molecule has 1 aliphatic rings. The minimum Gasteiger partial charge on any atom is -0.497 e. The Morgan fingerprint density at radius 2 is 2.26 bits per heavy atom. The average molecular weight is 262 g/mol. The molecule has 0 radical (unpaired) electrons.